The van der Waals surface area contributed by atoms with Crippen LogP contribution in [0.1, 0.15) is 44.4 Å². The van der Waals surface area contributed by atoms with Crippen LogP contribution in [0.5, 0.6) is 0 Å². The molecule has 1 saturated heterocycles. The highest BCUT2D eigenvalue weighted by molar-refractivity contribution is 5.89. The smallest absolute Gasteiger partial charge is 0.407 e. The summed E-state index contributed by atoms with van der Waals surface area (Å²) in [6, 6.07) is 14.5. The van der Waals surface area contributed by atoms with E-state index in [9.17, 15) is 14.7 Å². The van der Waals surface area contributed by atoms with Gasteiger partial charge >= 0.3 is 12.0 Å². The fourth-order valence-corrected chi connectivity index (χ4v) is 5.41. The number of hydrogen-bond donors (Lipinski definition) is 1. The van der Waals surface area contributed by atoms with Gasteiger partial charge in [-0.15, -0.1) is 0 Å². The molecule has 0 bridgehead atoms. The summed E-state index contributed by atoms with van der Waals surface area (Å²) in [5.41, 5.74) is 5.20. The lowest BCUT2D eigenvalue weighted by Crippen LogP contribution is -2.60. The Morgan fingerprint density at radius 1 is 1.12 bits per heavy atom. The van der Waals surface area contributed by atoms with Crippen LogP contribution in [0, 0.1) is 0 Å². The van der Waals surface area contributed by atoms with E-state index < -0.39 is 6.09 Å². The van der Waals surface area contributed by atoms with Crippen molar-refractivity contribution in [3.05, 3.63) is 53.6 Å². The van der Waals surface area contributed by atoms with Crippen LogP contribution in [0.4, 0.5) is 10.5 Å². The zero-order valence-electron chi connectivity index (χ0n) is 20.7. The lowest BCUT2D eigenvalue weighted by Gasteiger charge is -2.45. The van der Waals surface area contributed by atoms with Crippen molar-refractivity contribution in [1.82, 2.24) is 14.3 Å². The lowest BCUT2D eigenvalue weighted by molar-refractivity contribution is -0.129. The van der Waals surface area contributed by atoms with Gasteiger partial charge in [-0.3, -0.25) is 4.90 Å². The van der Waals surface area contributed by atoms with Crippen LogP contribution in [0.15, 0.2) is 42.5 Å². The average Bonchev–Trinajstić information content (AvgIpc) is 2.83. The van der Waals surface area contributed by atoms with E-state index in [1.54, 1.807) is 6.92 Å². The number of quaternary nitrogens is 1. The van der Waals surface area contributed by atoms with Gasteiger partial charge in [-0.2, -0.15) is 0 Å². The van der Waals surface area contributed by atoms with E-state index in [2.05, 4.69) is 41.3 Å². The molecule has 4 rings (SSSR count). The number of rotatable bonds is 5. The predicted molar refractivity (Wildman–Crippen MR) is 134 cm³/mol. The summed E-state index contributed by atoms with van der Waals surface area (Å²) in [4.78, 5) is 28.7. The molecule has 0 aliphatic carbocycles. The first-order chi connectivity index (χ1) is 16.3. The van der Waals surface area contributed by atoms with E-state index in [1.165, 1.54) is 10.5 Å². The fourth-order valence-electron chi connectivity index (χ4n) is 5.41. The van der Waals surface area contributed by atoms with Crippen LogP contribution < -0.4 is 4.48 Å². The third-order valence-electron chi connectivity index (χ3n) is 7.75. The first-order valence-corrected chi connectivity index (χ1v) is 12.2. The molecule has 3 atom stereocenters. The Labute approximate surface area is 202 Å². The van der Waals surface area contributed by atoms with Crippen LogP contribution >= 0.6 is 0 Å². The first-order valence-electron chi connectivity index (χ1n) is 12.2. The maximum absolute atomic E-state index is 12.8. The summed E-state index contributed by atoms with van der Waals surface area (Å²) in [5, 5.41) is 9.87. The number of morpholine rings is 1. The maximum Gasteiger partial charge on any atom is 0.407 e. The van der Waals surface area contributed by atoms with Crippen LogP contribution in [0.2, 0.25) is 0 Å². The molecule has 2 aromatic rings. The molecule has 2 aliphatic rings. The van der Waals surface area contributed by atoms with Gasteiger partial charge in [0.1, 0.15) is 5.69 Å². The molecule has 1 N–H and O–H groups in total. The van der Waals surface area contributed by atoms with Crippen molar-refractivity contribution in [3.8, 4) is 11.1 Å². The highest BCUT2D eigenvalue weighted by Gasteiger charge is 2.47. The zero-order chi connectivity index (χ0) is 24.5. The molecule has 2 heterocycles. The molecule has 2 amide bonds. The molecule has 34 heavy (non-hydrogen) atoms. The van der Waals surface area contributed by atoms with Crippen LogP contribution in [-0.2, 0) is 16.1 Å². The zero-order valence-corrected chi connectivity index (χ0v) is 20.7. The molecule has 2 aromatic carbocycles. The number of ether oxygens (including phenoxy) is 1. The molecule has 7 heteroatoms. The SMILES string of the molecule is CCN(C(=O)O)C1C[C@H](C)[N@+](C)(C(C)=O)c2ccc(-c3ccc(CN4CCOCC4)cc3)cc21. The Morgan fingerprint density at radius 3 is 2.35 bits per heavy atom. The van der Waals surface area contributed by atoms with Crippen molar-refractivity contribution >= 4 is 17.7 Å². The van der Waals surface area contributed by atoms with Gasteiger partial charge < -0.3 is 14.7 Å². The second-order valence-electron chi connectivity index (χ2n) is 9.62. The Hall–Kier alpha value is -2.74. The molecule has 0 radical (unpaired) electrons. The number of carbonyl (C=O) groups is 2. The van der Waals surface area contributed by atoms with Gasteiger partial charge in [-0.05, 0) is 42.7 Å². The molecule has 1 unspecified atom stereocenters. The van der Waals surface area contributed by atoms with E-state index >= 15 is 0 Å². The number of carbonyl (C=O) groups excluding carboxylic acids is 1. The average molecular weight is 467 g/mol. The Bertz CT molecular complexity index is 1050. The van der Waals surface area contributed by atoms with E-state index in [1.807, 2.05) is 27.0 Å². The quantitative estimate of drug-likeness (QED) is 0.657. The van der Waals surface area contributed by atoms with Gasteiger partial charge in [-0.1, -0.05) is 24.3 Å². The van der Waals surface area contributed by atoms with Crippen molar-refractivity contribution in [2.75, 3.05) is 39.9 Å². The molecule has 182 valence electrons. The minimum atomic E-state index is -0.928. The number of carboxylic acid groups (broad SMARTS) is 1. The first kappa shape index (κ1) is 24.4. The lowest BCUT2D eigenvalue weighted by atomic mass is 9.86. The standard InChI is InChI=1S/C27H35N3O4/c1-5-29(27(32)33)25-16-19(2)30(4,20(3)31)26-11-10-23(17-24(25)26)22-8-6-21(7-9-22)18-28-12-14-34-15-13-28/h6-11,17,19,25H,5,12-16,18H2,1-4H3/p+1/t19-,25?,30+/m0/s1. The molecule has 1 fully saturated rings. The van der Waals surface area contributed by atoms with Gasteiger partial charge in [0, 0.05) is 44.2 Å². The molecule has 0 saturated carbocycles. The normalized spacial score (nSPS) is 24.9. The van der Waals surface area contributed by atoms with Crippen molar-refractivity contribution in [3.63, 3.8) is 0 Å². The molecule has 0 aromatic heterocycles. The summed E-state index contributed by atoms with van der Waals surface area (Å²) < 4.78 is 5.62. The predicted octanol–water partition coefficient (Wildman–Crippen LogP) is 4.50. The number of nitrogens with zero attached hydrogens (tertiary/aromatic N) is 3. The fraction of sp³-hybridized carbons (Fsp3) is 0.481. The second-order valence-corrected chi connectivity index (χ2v) is 9.62. The van der Waals surface area contributed by atoms with Gasteiger partial charge in [0.2, 0.25) is 0 Å². The van der Waals surface area contributed by atoms with Gasteiger partial charge in [0.05, 0.1) is 39.3 Å². The summed E-state index contributed by atoms with van der Waals surface area (Å²) in [7, 11) is 1.94. The molecular weight excluding hydrogens is 430 g/mol. The van der Waals surface area contributed by atoms with Crippen molar-refractivity contribution < 1.29 is 19.4 Å². The second kappa shape index (κ2) is 9.86. The van der Waals surface area contributed by atoms with Gasteiger partial charge in [-0.25, -0.2) is 14.1 Å². The van der Waals surface area contributed by atoms with Crippen molar-refractivity contribution in [1.29, 1.82) is 0 Å². The Morgan fingerprint density at radius 2 is 1.76 bits per heavy atom. The van der Waals surface area contributed by atoms with Crippen molar-refractivity contribution in [2.45, 2.75) is 45.8 Å². The molecule has 2 aliphatic heterocycles. The van der Waals surface area contributed by atoms with E-state index in [-0.39, 0.29) is 22.5 Å². The van der Waals surface area contributed by atoms with E-state index in [0.29, 0.717) is 13.0 Å². The third kappa shape index (κ3) is 4.48. The van der Waals surface area contributed by atoms with Gasteiger partial charge in [0.15, 0.2) is 0 Å². The minimum absolute atomic E-state index is 0.0197. The summed E-state index contributed by atoms with van der Waals surface area (Å²) in [5.74, 6) is 0.0609. The van der Waals surface area contributed by atoms with Crippen LogP contribution in [0.3, 0.4) is 0 Å². The maximum atomic E-state index is 12.8. The minimum Gasteiger partial charge on any atom is -0.465 e. The summed E-state index contributed by atoms with van der Waals surface area (Å²) in [6.45, 7) is 10.3. The van der Waals surface area contributed by atoms with Crippen molar-refractivity contribution in [2.24, 2.45) is 0 Å². The van der Waals surface area contributed by atoms with Crippen LogP contribution in [0.25, 0.3) is 11.1 Å². The number of hydrogen-bond acceptors (Lipinski definition) is 4. The Balaban J connectivity index is 1.69. The van der Waals surface area contributed by atoms with Gasteiger partial charge in [0.25, 0.3) is 0 Å². The molecule has 0 spiro atoms. The summed E-state index contributed by atoms with van der Waals surface area (Å²) in [6.07, 6.45) is -0.326. The monoisotopic (exact) mass is 466 g/mol. The van der Waals surface area contributed by atoms with E-state index in [4.69, 9.17) is 4.74 Å². The number of amides is 2. The third-order valence-corrected chi connectivity index (χ3v) is 7.75. The largest absolute Gasteiger partial charge is 0.465 e. The molecular formula is C27H36N3O4+. The number of benzene rings is 2. The molecule has 7 nitrogen and oxygen atoms in total. The number of fused-ring (bicyclic) bond motifs is 1. The van der Waals surface area contributed by atoms with Crippen LogP contribution in [-0.4, -0.2) is 72.8 Å². The highest BCUT2D eigenvalue weighted by Crippen LogP contribution is 2.45. The topological polar surface area (TPSA) is 70.1 Å². The summed E-state index contributed by atoms with van der Waals surface area (Å²) >= 11 is 0. The Kier molecular flexibility index (Phi) is 7.07. The highest BCUT2D eigenvalue weighted by atomic mass is 16.5. The van der Waals surface area contributed by atoms with E-state index in [0.717, 1.165) is 55.2 Å².